The van der Waals surface area contributed by atoms with Gasteiger partial charge in [0.15, 0.2) is 11.6 Å². The topological polar surface area (TPSA) is 92.3 Å². The zero-order chi connectivity index (χ0) is 13.3. The normalized spacial score (nSPS) is 24.0. The van der Waals surface area contributed by atoms with Crippen molar-refractivity contribution in [3.05, 3.63) is 12.1 Å². The first-order valence-corrected chi connectivity index (χ1v) is 5.74. The summed E-state index contributed by atoms with van der Waals surface area (Å²) < 4.78 is 13.8. The van der Waals surface area contributed by atoms with Crippen molar-refractivity contribution in [1.29, 1.82) is 0 Å². The van der Waals surface area contributed by atoms with Crippen LogP contribution in [0.1, 0.15) is 13.3 Å². The maximum atomic E-state index is 13.8. The molecule has 0 saturated carbocycles. The van der Waals surface area contributed by atoms with Gasteiger partial charge in [-0.1, -0.05) is 6.92 Å². The number of hydrogen-bond donors (Lipinski definition) is 2. The first-order valence-electron chi connectivity index (χ1n) is 5.74. The van der Waals surface area contributed by atoms with E-state index in [1.54, 1.807) is 4.90 Å². The van der Waals surface area contributed by atoms with E-state index in [4.69, 9.17) is 10.8 Å². The number of nitrogens with two attached hydrogens (primary N) is 1. The van der Waals surface area contributed by atoms with E-state index in [9.17, 15) is 9.18 Å². The van der Waals surface area contributed by atoms with Gasteiger partial charge in [0, 0.05) is 13.1 Å². The predicted molar refractivity (Wildman–Crippen MR) is 63.5 cm³/mol. The molecule has 1 fully saturated rings. The highest BCUT2D eigenvalue weighted by Gasteiger charge is 2.32. The van der Waals surface area contributed by atoms with Gasteiger partial charge in [-0.3, -0.25) is 4.79 Å². The lowest BCUT2D eigenvalue weighted by molar-refractivity contribution is -0.144. The maximum absolute atomic E-state index is 13.8. The van der Waals surface area contributed by atoms with E-state index in [1.165, 1.54) is 6.33 Å². The summed E-state index contributed by atoms with van der Waals surface area (Å²) in [5.74, 6) is -1.93. The minimum Gasteiger partial charge on any atom is -0.481 e. The maximum Gasteiger partial charge on any atom is 0.306 e. The summed E-state index contributed by atoms with van der Waals surface area (Å²) in [5.41, 5.74) is 5.39. The number of aliphatic carboxylic acids is 1. The predicted octanol–water partition coefficient (Wildman–Crippen LogP) is 0.745. The van der Waals surface area contributed by atoms with Crippen LogP contribution in [-0.2, 0) is 4.79 Å². The Morgan fingerprint density at radius 3 is 2.94 bits per heavy atom. The van der Waals surface area contributed by atoms with Crippen molar-refractivity contribution >= 4 is 17.6 Å². The third-order valence-electron chi connectivity index (χ3n) is 3.32. The highest BCUT2D eigenvalue weighted by molar-refractivity contribution is 5.71. The molecule has 1 aromatic rings. The van der Waals surface area contributed by atoms with Crippen molar-refractivity contribution in [1.82, 2.24) is 9.97 Å². The van der Waals surface area contributed by atoms with Crippen molar-refractivity contribution in [2.24, 2.45) is 11.8 Å². The molecule has 1 aliphatic rings. The molecule has 7 heteroatoms. The number of halogens is 1. The van der Waals surface area contributed by atoms with Crippen molar-refractivity contribution < 1.29 is 14.3 Å². The van der Waals surface area contributed by atoms with E-state index in [-0.39, 0.29) is 23.5 Å². The Labute approximate surface area is 104 Å². The van der Waals surface area contributed by atoms with E-state index in [2.05, 4.69) is 9.97 Å². The summed E-state index contributed by atoms with van der Waals surface area (Å²) in [5, 5.41) is 9.03. The Bertz CT molecular complexity index is 468. The van der Waals surface area contributed by atoms with E-state index < -0.39 is 11.8 Å². The molecule has 98 valence electrons. The van der Waals surface area contributed by atoms with E-state index >= 15 is 0 Å². The van der Waals surface area contributed by atoms with Crippen LogP contribution in [0.5, 0.6) is 0 Å². The van der Waals surface area contributed by atoms with Gasteiger partial charge in [0.2, 0.25) is 5.82 Å². The molecule has 0 aliphatic carbocycles. The lowest BCUT2D eigenvalue weighted by Gasteiger charge is -2.35. The fourth-order valence-electron chi connectivity index (χ4n) is 2.30. The van der Waals surface area contributed by atoms with Crippen molar-refractivity contribution in [2.75, 3.05) is 23.7 Å². The van der Waals surface area contributed by atoms with Crippen molar-refractivity contribution in [3.63, 3.8) is 0 Å². The molecular formula is C11H15FN4O2. The summed E-state index contributed by atoms with van der Waals surface area (Å²) in [6.07, 6.45) is 1.68. The molecule has 0 bridgehead atoms. The van der Waals surface area contributed by atoms with Crippen LogP contribution in [0.15, 0.2) is 6.33 Å². The molecule has 0 amide bonds. The zero-order valence-electron chi connectivity index (χ0n) is 10.0. The van der Waals surface area contributed by atoms with E-state index in [1.807, 2.05) is 6.92 Å². The standard InChI is InChI=1S/C11H15FN4O2/c1-6-4-16(3-2-7(6)11(17)18)10-8(12)9(13)14-5-15-10/h5-7H,2-4H2,1H3,(H,17,18)(H2,13,14,15)/t6-,7?/m0/s1. The molecule has 6 nitrogen and oxygen atoms in total. The SMILES string of the molecule is C[C@H]1CN(c2ncnc(N)c2F)CCC1C(=O)O. The monoisotopic (exact) mass is 254 g/mol. The molecule has 1 saturated heterocycles. The van der Waals surface area contributed by atoms with Gasteiger partial charge in [-0.05, 0) is 12.3 Å². The number of nitrogens with zero attached hydrogens (tertiary/aromatic N) is 3. The van der Waals surface area contributed by atoms with Crippen LogP contribution in [-0.4, -0.2) is 34.1 Å². The molecule has 18 heavy (non-hydrogen) atoms. The molecule has 3 N–H and O–H groups in total. The lowest BCUT2D eigenvalue weighted by Crippen LogP contribution is -2.43. The summed E-state index contributed by atoms with van der Waals surface area (Å²) in [7, 11) is 0. The third-order valence-corrected chi connectivity index (χ3v) is 3.32. The molecule has 0 radical (unpaired) electrons. The molecular weight excluding hydrogens is 239 g/mol. The second-order valence-corrected chi connectivity index (χ2v) is 4.55. The molecule has 0 aromatic carbocycles. The minimum atomic E-state index is -0.801. The van der Waals surface area contributed by atoms with Gasteiger partial charge < -0.3 is 15.7 Å². The summed E-state index contributed by atoms with van der Waals surface area (Å²) in [4.78, 5) is 20.2. The van der Waals surface area contributed by atoms with Crippen LogP contribution in [0, 0.1) is 17.7 Å². The Hall–Kier alpha value is -1.92. The minimum absolute atomic E-state index is 0.0631. The number of rotatable bonds is 2. The van der Waals surface area contributed by atoms with Gasteiger partial charge in [-0.2, -0.15) is 4.39 Å². The van der Waals surface area contributed by atoms with Crippen LogP contribution in [0.2, 0.25) is 0 Å². The average Bonchev–Trinajstić information content (AvgIpc) is 2.32. The van der Waals surface area contributed by atoms with Crippen LogP contribution < -0.4 is 10.6 Å². The summed E-state index contributed by atoms with van der Waals surface area (Å²) >= 11 is 0. The van der Waals surface area contributed by atoms with Gasteiger partial charge in [0.05, 0.1) is 5.92 Å². The Morgan fingerprint density at radius 1 is 1.61 bits per heavy atom. The number of carboxylic acid groups (broad SMARTS) is 1. The first kappa shape index (κ1) is 12.5. The number of carboxylic acids is 1. The molecule has 1 aromatic heterocycles. The molecule has 2 rings (SSSR count). The second kappa shape index (κ2) is 4.75. The number of carbonyl (C=O) groups is 1. The molecule has 1 unspecified atom stereocenters. The fourth-order valence-corrected chi connectivity index (χ4v) is 2.30. The van der Waals surface area contributed by atoms with E-state index in [0.29, 0.717) is 19.5 Å². The van der Waals surface area contributed by atoms with Crippen LogP contribution in [0.3, 0.4) is 0 Å². The van der Waals surface area contributed by atoms with Crippen LogP contribution in [0.4, 0.5) is 16.0 Å². The highest BCUT2D eigenvalue weighted by atomic mass is 19.1. The fraction of sp³-hybridized carbons (Fsp3) is 0.545. The summed E-state index contributed by atoms with van der Waals surface area (Å²) in [6, 6.07) is 0. The molecule has 1 aliphatic heterocycles. The average molecular weight is 254 g/mol. The zero-order valence-corrected chi connectivity index (χ0v) is 10.0. The molecule has 2 heterocycles. The quantitative estimate of drug-likeness (QED) is 0.808. The smallest absolute Gasteiger partial charge is 0.306 e. The first-order chi connectivity index (χ1) is 8.50. The summed E-state index contributed by atoms with van der Waals surface area (Å²) in [6.45, 7) is 2.74. The van der Waals surface area contributed by atoms with Crippen LogP contribution in [0.25, 0.3) is 0 Å². The number of aromatic nitrogens is 2. The number of anilines is 2. The molecule has 0 spiro atoms. The highest BCUT2D eigenvalue weighted by Crippen LogP contribution is 2.28. The third kappa shape index (κ3) is 2.20. The lowest BCUT2D eigenvalue weighted by atomic mass is 9.87. The van der Waals surface area contributed by atoms with Gasteiger partial charge in [0.25, 0.3) is 0 Å². The Balaban J connectivity index is 2.17. The van der Waals surface area contributed by atoms with Crippen LogP contribution >= 0.6 is 0 Å². The van der Waals surface area contributed by atoms with Gasteiger partial charge in [0.1, 0.15) is 6.33 Å². The van der Waals surface area contributed by atoms with Crippen molar-refractivity contribution in [3.8, 4) is 0 Å². The van der Waals surface area contributed by atoms with E-state index in [0.717, 1.165) is 0 Å². The number of piperidine rings is 1. The molecule has 2 atom stereocenters. The van der Waals surface area contributed by atoms with Gasteiger partial charge in [-0.15, -0.1) is 0 Å². The number of nitrogen functional groups attached to an aromatic ring is 1. The Morgan fingerprint density at radius 2 is 2.33 bits per heavy atom. The second-order valence-electron chi connectivity index (χ2n) is 4.55. The number of hydrogen-bond acceptors (Lipinski definition) is 5. The Kier molecular flexibility index (Phi) is 3.31. The van der Waals surface area contributed by atoms with Gasteiger partial charge >= 0.3 is 5.97 Å². The van der Waals surface area contributed by atoms with Crippen molar-refractivity contribution in [2.45, 2.75) is 13.3 Å². The van der Waals surface area contributed by atoms with Gasteiger partial charge in [-0.25, -0.2) is 9.97 Å². The largest absolute Gasteiger partial charge is 0.481 e.